The fourth-order valence-electron chi connectivity index (χ4n) is 7.68. The molecular weight excluding hydrogens is 328 g/mol. The molecule has 4 saturated carbocycles. The lowest BCUT2D eigenvalue weighted by Gasteiger charge is -2.28. The van der Waals surface area contributed by atoms with E-state index in [1.807, 2.05) is 0 Å². The second-order valence-electron chi connectivity index (χ2n) is 10.3. The molecule has 2 heteroatoms. The number of fused-ring (bicyclic) bond motifs is 6. The van der Waals surface area contributed by atoms with Crippen molar-refractivity contribution in [1.82, 2.24) is 10.6 Å². The van der Waals surface area contributed by atoms with E-state index in [4.69, 9.17) is 0 Å². The fraction of sp³-hybridized carbons (Fsp3) is 0.840. The van der Waals surface area contributed by atoms with E-state index < -0.39 is 0 Å². The number of hydrogen-bond donors (Lipinski definition) is 2. The van der Waals surface area contributed by atoms with Crippen LogP contribution >= 0.6 is 0 Å². The van der Waals surface area contributed by atoms with E-state index in [0.29, 0.717) is 0 Å². The van der Waals surface area contributed by atoms with Crippen molar-refractivity contribution >= 4 is 0 Å². The molecule has 4 fully saturated rings. The Morgan fingerprint density at radius 1 is 0.556 bits per heavy atom. The van der Waals surface area contributed by atoms with Gasteiger partial charge in [0, 0.05) is 12.1 Å². The highest BCUT2D eigenvalue weighted by Crippen LogP contribution is 2.48. The molecule has 5 rings (SSSR count). The average Bonchev–Trinajstić information content (AvgIpc) is 3.22. The van der Waals surface area contributed by atoms with E-state index in [1.165, 1.54) is 83.7 Å². The van der Waals surface area contributed by atoms with Gasteiger partial charge in [0.15, 0.2) is 0 Å². The lowest BCUT2D eigenvalue weighted by molar-refractivity contribution is 0.247. The smallest absolute Gasteiger partial charge is 0.0135 e. The Balaban J connectivity index is 1.33. The van der Waals surface area contributed by atoms with Crippen LogP contribution in [0.3, 0.4) is 0 Å². The van der Waals surface area contributed by atoms with Gasteiger partial charge in [-0.15, -0.1) is 0 Å². The molecule has 0 spiro atoms. The molecule has 5 aliphatic rings. The van der Waals surface area contributed by atoms with E-state index in [1.54, 1.807) is 0 Å². The van der Waals surface area contributed by atoms with Gasteiger partial charge in [0.1, 0.15) is 0 Å². The Kier molecular flexibility index (Phi) is 5.74. The molecular formula is C25H40N2. The van der Waals surface area contributed by atoms with Gasteiger partial charge >= 0.3 is 0 Å². The molecule has 0 amide bonds. The quantitative estimate of drug-likeness (QED) is 0.624. The van der Waals surface area contributed by atoms with E-state index in [9.17, 15) is 0 Å². The number of rotatable bonds is 0. The number of nitrogens with one attached hydrogen (secondary N) is 2. The second-order valence-corrected chi connectivity index (χ2v) is 10.3. The van der Waals surface area contributed by atoms with Gasteiger partial charge in [-0.1, -0.05) is 62.8 Å². The van der Waals surface area contributed by atoms with Crippen LogP contribution in [0.5, 0.6) is 0 Å². The minimum absolute atomic E-state index is 0.728. The molecule has 0 saturated heterocycles. The summed E-state index contributed by atoms with van der Waals surface area (Å²) in [6, 6.07) is 1.46. The summed E-state index contributed by atoms with van der Waals surface area (Å²) in [6.07, 6.45) is 26.0. The Labute approximate surface area is 166 Å². The molecule has 0 aromatic heterocycles. The maximum Gasteiger partial charge on any atom is 0.0135 e. The van der Waals surface area contributed by atoms with Crippen LogP contribution in [0, 0.1) is 35.5 Å². The fourth-order valence-corrected chi connectivity index (χ4v) is 7.68. The molecule has 2 nitrogen and oxygen atoms in total. The monoisotopic (exact) mass is 368 g/mol. The summed E-state index contributed by atoms with van der Waals surface area (Å²) in [5.74, 6) is 5.43. The predicted molar refractivity (Wildman–Crippen MR) is 114 cm³/mol. The summed E-state index contributed by atoms with van der Waals surface area (Å²) in [5, 5.41) is 7.94. The van der Waals surface area contributed by atoms with Crippen LogP contribution in [0.2, 0.25) is 0 Å². The van der Waals surface area contributed by atoms with Gasteiger partial charge in [0.2, 0.25) is 0 Å². The first-order chi connectivity index (χ1) is 13.4. The third-order valence-electron chi connectivity index (χ3n) is 8.91. The van der Waals surface area contributed by atoms with Gasteiger partial charge in [-0.25, -0.2) is 0 Å². The Hall–Kier alpha value is -0.600. The highest BCUT2D eigenvalue weighted by molar-refractivity contribution is 5.15. The lowest BCUT2D eigenvalue weighted by atomic mass is 9.77. The molecule has 27 heavy (non-hydrogen) atoms. The van der Waals surface area contributed by atoms with Crippen LogP contribution in [-0.2, 0) is 0 Å². The van der Waals surface area contributed by atoms with E-state index in [0.717, 1.165) is 47.6 Å². The van der Waals surface area contributed by atoms with E-state index in [-0.39, 0.29) is 0 Å². The summed E-state index contributed by atoms with van der Waals surface area (Å²) in [6.45, 7) is 2.39. The van der Waals surface area contributed by atoms with Crippen molar-refractivity contribution in [3.8, 4) is 0 Å². The normalized spacial score (nSPS) is 50.1. The van der Waals surface area contributed by atoms with Crippen LogP contribution in [0.15, 0.2) is 24.3 Å². The first-order valence-electron chi connectivity index (χ1n) is 12.2. The maximum absolute atomic E-state index is 3.97. The maximum atomic E-state index is 3.97. The summed E-state index contributed by atoms with van der Waals surface area (Å²) in [5.41, 5.74) is 0. The van der Waals surface area contributed by atoms with Crippen molar-refractivity contribution in [3.05, 3.63) is 24.3 Å². The van der Waals surface area contributed by atoms with Crippen LogP contribution in [0.1, 0.15) is 70.6 Å². The number of hydrogen-bond acceptors (Lipinski definition) is 2. The SMILES string of the molecule is C1=C\[C@H]2[C@@H]3CCCC[C@H]3C[C@@H]2NCCCN[C@@H]2C[C@@H]3CCCC[C@H]3[C@@H]2/C=C/1. The molecule has 1 heterocycles. The zero-order valence-electron chi connectivity index (χ0n) is 17.1. The molecule has 1 aliphatic heterocycles. The van der Waals surface area contributed by atoms with Gasteiger partial charge in [0.25, 0.3) is 0 Å². The van der Waals surface area contributed by atoms with Gasteiger partial charge in [-0.2, -0.15) is 0 Å². The lowest BCUT2D eigenvalue weighted by Crippen LogP contribution is -2.37. The van der Waals surface area contributed by atoms with Crippen molar-refractivity contribution in [2.45, 2.75) is 82.7 Å². The van der Waals surface area contributed by atoms with Crippen LogP contribution in [-0.4, -0.2) is 25.2 Å². The van der Waals surface area contributed by atoms with Gasteiger partial charge in [-0.3, -0.25) is 0 Å². The minimum Gasteiger partial charge on any atom is -0.313 e. The second kappa shape index (κ2) is 8.41. The first kappa shape index (κ1) is 18.4. The van der Waals surface area contributed by atoms with Crippen LogP contribution in [0.4, 0.5) is 0 Å². The van der Waals surface area contributed by atoms with Crippen LogP contribution < -0.4 is 10.6 Å². The standard InChI is InChI=1S/C25H40N2/c1-3-10-20-18(8-1)16-24-22(20)12-5-6-13-23-21-11-4-2-9-19(21)17-25(23)27-15-7-14-26-24/h5-6,12-13,18-27H,1-4,7-11,14-17H2/b12-5-,13-6+/t18-,19-,20+,21+,22-,23-,24-,25+/m0/s1. The Morgan fingerprint density at radius 2 is 1.04 bits per heavy atom. The zero-order chi connectivity index (χ0) is 18.1. The van der Waals surface area contributed by atoms with Crippen molar-refractivity contribution in [1.29, 1.82) is 0 Å². The van der Waals surface area contributed by atoms with Gasteiger partial charge < -0.3 is 10.6 Å². The largest absolute Gasteiger partial charge is 0.313 e. The third-order valence-corrected chi connectivity index (χ3v) is 8.91. The zero-order valence-corrected chi connectivity index (χ0v) is 17.1. The van der Waals surface area contributed by atoms with Crippen molar-refractivity contribution in [2.24, 2.45) is 35.5 Å². The Morgan fingerprint density at radius 3 is 1.56 bits per heavy atom. The first-order valence-corrected chi connectivity index (χ1v) is 12.2. The molecule has 8 atom stereocenters. The summed E-state index contributed by atoms with van der Waals surface area (Å²) in [4.78, 5) is 0. The summed E-state index contributed by atoms with van der Waals surface area (Å²) in [7, 11) is 0. The van der Waals surface area contributed by atoms with E-state index >= 15 is 0 Å². The molecule has 0 aromatic carbocycles. The van der Waals surface area contributed by atoms with Crippen LogP contribution in [0.25, 0.3) is 0 Å². The molecule has 150 valence electrons. The highest BCUT2D eigenvalue weighted by Gasteiger charge is 2.43. The molecule has 0 aromatic rings. The molecule has 0 unspecified atom stereocenters. The summed E-state index contributed by atoms with van der Waals surface area (Å²) < 4.78 is 0. The Bertz CT molecular complexity index is 505. The van der Waals surface area contributed by atoms with Crippen molar-refractivity contribution in [2.75, 3.05) is 13.1 Å². The predicted octanol–water partition coefficient (Wildman–Crippen LogP) is 5.07. The van der Waals surface area contributed by atoms with E-state index in [2.05, 4.69) is 34.9 Å². The average molecular weight is 369 g/mol. The van der Waals surface area contributed by atoms with Crippen molar-refractivity contribution in [3.63, 3.8) is 0 Å². The highest BCUT2D eigenvalue weighted by atomic mass is 15.0. The minimum atomic E-state index is 0.728. The molecule has 4 aliphatic carbocycles. The van der Waals surface area contributed by atoms with Gasteiger partial charge in [-0.05, 0) is 80.7 Å². The topological polar surface area (TPSA) is 24.1 Å². The molecule has 2 N–H and O–H groups in total. The van der Waals surface area contributed by atoms with Gasteiger partial charge in [0.05, 0.1) is 0 Å². The molecule has 0 bridgehead atoms. The third kappa shape index (κ3) is 3.81. The summed E-state index contributed by atoms with van der Waals surface area (Å²) >= 11 is 0. The molecule has 0 radical (unpaired) electrons. The number of allylic oxidation sites excluding steroid dienone is 2. The van der Waals surface area contributed by atoms with Crippen molar-refractivity contribution < 1.29 is 0 Å².